The van der Waals surface area contributed by atoms with Gasteiger partial charge in [0.2, 0.25) is 0 Å². The van der Waals surface area contributed by atoms with Crippen LogP contribution in [0.1, 0.15) is 11.3 Å². The second-order valence-electron chi connectivity index (χ2n) is 7.33. The Kier molecular flexibility index (Phi) is 4.79. The Labute approximate surface area is 172 Å². The predicted molar refractivity (Wildman–Crippen MR) is 126 cm³/mol. The van der Waals surface area contributed by atoms with Crippen LogP contribution in [0.2, 0.25) is 0 Å². The molecule has 3 heteroatoms. The van der Waals surface area contributed by atoms with E-state index in [1.807, 2.05) is 12.4 Å². The summed E-state index contributed by atoms with van der Waals surface area (Å²) < 4.78 is 0. The van der Waals surface area contributed by atoms with E-state index < -0.39 is 7.92 Å². The van der Waals surface area contributed by atoms with Gasteiger partial charge in [0.05, 0.1) is 5.52 Å². The minimum atomic E-state index is -0.595. The van der Waals surface area contributed by atoms with Crippen molar-refractivity contribution in [2.75, 3.05) is 0 Å². The van der Waals surface area contributed by atoms with Crippen molar-refractivity contribution in [2.45, 2.75) is 13.1 Å². The van der Waals surface area contributed by atoms with Crippen molar-refractivity contribution in [3.8, 4) is 11.1 Å². The molecule has 0 fully saturated rings. The van der Waals surface area contributed by atoms with Gasteiger partial charge in [0, 0.05) is 34.9 Å². The minimum Gasteiger partial charge on any atom is -0.365 e. The Morgan fingerprint density at radius 3 is 2.28 bits per heavy atom. The molecule has 0 aliphatic heterocycles. The second-order valence-corrected chi connectivity index (χ2v) is 9.47. The third-order valence-electron chi connectivity index (χ3n) is 5.48. The molecule has 0 aliphatic carbocycles. The number of hydrogen-bond acceptors (Lipinski definition) is 0. The highest BCUT2D eigenvalue weighted by atomic mass is 31.1. The van der Waals surface area contributed by atoms with Gasteiger partial charge >= 0.3 is 0 Å². The highest BCUT2D eigenvalue weighted by Crippen LogP contribution is 2.42. The zero-order valence-corrected chi connectivity index (χ0v) is 17.3. The molecule has 1 atom stereocenters. The van der Waals surface area contributed by atoms with Crippen LogP contribution < -0.4 is 10.6 Å². The summed E-state index contributed by atoms with van der Waals surface area (Å²) in [6.45, 7) is 2.20. The number of para-hydroxylation sites is 1. The molecule has 0 aliphatic rings. The topological polar surface area (TPSA) is 31.6 Å². The highest BCUT2D eigenvalue weighted by Gasteiger charge is 2.21. The van der Waals surface area contributed by atoms with Crippen molar-refractivity contribution < 1.29 is 0 Å². The summed E-state index contributed by atoms with van der Waals surface area (Å²) in [5.41, 5.74) is 6.50. The van der Waals surface area contributed by atoms with Crippen molar-refractivity contribution >= 4 is 29.4 Å². The van der Waals surface area contributed by atoms with Gasteiger partial charge in [0.15, 0.2) is 0 Å². The smallest absolute Gasteiger partial charge is 0.0535 e. The maximum Gasteiger partial charge on any atom is 0.0535 e. The normalized spacial score (nSPS) is 12.3. The largest absolute Gasteiger partial charge is 0.365 e. The average Bonchev–Trinajstić information content (AvgIpc) is 3.44. The second kappa shape index (κ2) is 7.73. The molecule has 29 heavy (non-hydrogen) atoms. The number of aryl methyl sites for hydroxylation is 1. The number of aromatic amines is 2. The van der Waals surface area contributed by atoms with E-state index in [1.54, 1.807) is 0 Å². The lowest BCUT2D eigenvalue weighted by Crippen LogP contribution is -2.17. The van der Waals surface area contributed by atoms with Crippen LogP contribution in [0.5, 0.6) is 0 Å². The SMILES string of the molecule is Cc1ccccc1-c1ccccc1P(Cc1ccc[nH]1)c1cccc2cc[nH]c12. The maximum absolute atomic E-state index is 3.49. The van der Waals surface area contributed by atoms with Crippen molar-refractivity contribution in [2.24, 2.45) is 0 Å². The first-order valence-corrected chi connectivity index (χ1v) is 11.4. The Hall–Kier alpha value is -3.09. The molecule has 2 heterocycles. The van der Waals surface area contributed by atoms with Gasteiger partial charge in [0.25, 0.3) is 0 Å². The van der Waals surface area contributed by atoms with Crippen LogP contribution in [-0.4, -0.2) is 9.97 Å². The minimum absolute atomic E-state index is 0.595. The fourth-order valence-electron chi connectivity index (χ4n) is 4.04. The first-order valence-electron chi connectivity index (χ1n) is 9.92. The van der Waals surface area contributed by atoms with Gasteiger partial charge in [-0.2, -0.15) is 0 Å². The number of benzene rings is 3. The standard InChI is InChI=1S/C26H23N2P/c1-19-8-2-3-11-22(19)23-12-4-5-13-24(23)29(18-21-10-7-16-27-21)25-14-6-9-20-15-17-28-26(20)25/h2-17,27-28H,18H2,1H3. The van der Waals surface area contributed by atoms with Crippen LogP contribution in [0.15, 0.2) is 97.3 Å². The molecule has 0 amide bonds. The predicted octanol–water partition coefficient (Wildman–Crippen LogP) is 6.10. The van der Waals surface area contributed by atoms with Gasteiger partial charge in [0.1, 0.15) is 0 Å². The van der Waals surface area contributed by atoms with Crippen LogP contribution >= 0.6 is 7.92 Å². The summed E-state index contributed by atoms with van der Waals surface area (Å²) >= 11 is 0. The average molecular weight is 394 g/mol. The molecule has 0 radical (unpaired) electrons. The molecule has 3 aromatic carbocycles. The van der Waals surface area contributed by atoms with Gasteiger partial charge in [-0.15, -0.1) is 0 Å². The lowest BCUT2D eigenvalue weighted by Gasteiger charge is -2.23. The van der Waals surface area contributed by atoms with E-state index in [9.17, 15) is 0 Å². The van der Waals surface area contributed by atoms with Gasteiger partial charge in [-0.05, 0) is 55.0 Å². The number of rotatable bonds is 5. The molecule has 0 saturated heterocycles. The molecule has 1 unspecified atom stereocenters. The summed E-state index contributed by atoms with van der Waals surface area (Å²) in [7, 11) is -0.595. The quantitative estimate of drug-likeness (QED) is 0.337. The van der Waals surface area contributed by atoms with E-state index in [4.69, 9.17) is 0 Å². The number of H-pyrrole nitrogens is 2. The molecular formula is C26H23N2P. The Balaban J connectivity index is 1.73. The van der Waals surface area contributed by atoms with Crippen LogP contribution in [0.4, 0.5) is 0 Å². The van der Waals surface area contributed by atoms with Crippen LogP contribution in [-0.2, 0) is 6.16 Å². The molecule has 2 aromatic heterocycles. The lowest BCUT2D eigenvalue weighted by atomic mass is 10.0. The van der Waals surface area contributed by atoms with Gasteiger partial charge in [-0.25, -0.2) is 0 Å². The van der Waals surface area contributed by atoms with Crippen molar-refractivity contribution in [1.82, 2.24) is 9.97 Å². The van der Waals surface area contributed by atoms with E-state index >= 15 is 0 Å². The summed E-state index contributed by atoms with van der Waals surface area (Å²) in [5, 5.41) is 4.10. The fraction of sp³-hybridized carbons (Fsp3) is 0.0769. The zero-order valence-electron chi connectivity index (χ0n) is 16.4. The zero-order chi connectivity index (χ0) is 19.6. The van der Waals surface area contributed by atoms with Crippen molar-refractivity contribution in [3.63, 3.8) is 0 Å². The number of fused-ring (bicyclic) bond motifs is 1. The van der Waals surface area contributed by atoms with Crippen LogP contribution in [0, 0.1) is 6.92 Å². The number of nitrogens with one attached hydrogen (secondary N) is 2. The summed E-state index contributed by atoms with van der Waals surface area (Å²) in [6.07, 6.45) is 5.05. The molecule has 5 rings (SSSR count). The Bertz CT molecular complexity index is 1250. The van der Waals surface area contributed by atoms with E-state index in [0.717, 1.165) is 6.16 Å². The van der Waals surface area contributed by atoms with Crippen molar-refractivity contribution in [3.05, 3.63) is 109 Å². The number of hydrogen-bond donors (Lipinski definition) is 2. The molecular weight excluding hydrogens is 371 g/mol. The molecule has 0 saturated carbocycles. The fourth-order valence-corrected chi connectivity index (χ4v) is 6.66. The monoisotopic (exact) mass is 394 g/mol. The third-order valence-corrected chi connectivity index (χ3v) is 8.06. The summed E-state index contributed by atoms with van der Waals surface area (Å²) in [5.74, 6) is 0. The Morgan fingerprint density at radius 2 is 1.45 bits per heavy atom. The molecule has 5 aromatic rings. The molecule has 2 nitrogen and oxygen atoms in total. The van der Waals surface area contributed by atoms with E-state index in [2.05, 4.69) is 102 Å². The van der Waals surface area contributed by atoms with Gasteiger partial charge < -0.3 is 9.97 Å². The van der Waals surface area contributed by atoms with E-state index in [1.165, 1.54) is 43.9 Å². The first-order chi connectivity index (χ1) is 14.3. The lowest BCUT2D eigenvalue weighted by molar-refractivity contribution is 1.23. The van der Waals surface area contributed by atoms with Crippen molar-refractivity contribution in [1.29, 1.82) is 0 Å². The van der Waals surface area contributed by atoms with Crippen LogP contribution in [0.3, 0.4) is 0 Å². The molecule has 2 N–H and O–H groups in total. The maximum atomic E-state index is 3.49. The van der Waals surface area contributed by atoms with Gasteiger partial charge in [-0.3, -0.25) is 0 Å². The molecule has 0 bridgehead atoms. The molecule has 0 spiro atoms. The summed E-state index contributed by atoms with van der Waals surface area (Å²) in [6, 6.07) is 30.7. The van der Waals surface area contributed by atoms with E-state index in [-0.39, 0.29) is 0 Å². The number of aromatic nitrogens is 2. The Morgan fingerprint density at radius 1 is 0.655 bits per heavy atom. The van der Waals surface area contributed by atoms with Crippen LogP contribution in [0.25, 0.3) is 22.0 Å². The van der Waals surface area contributed by atoms with Gasteiger partial charge in [-0.1, -0.05) is 66.7 Å². The van der Waals surface area contributed by atoms with E-state index in [0.29, 0.717) is 0 Å². The third kappa shape index (κ3) is 3.41. The first kappa shape index (κ1) is 18.0. The highest BCUT2D eigenvalue weighted by molar-refractivity contribution is 7.73. The summed E-state index contributed by atoms with van der Waals surface area (Å²) in [4.78, 5) is 6.92. The molecule has 142 valence electrons.